The predicted octanol–water partition coefficient (Wildman–Crippen LogP) is -0.426. The van der Waals surface area contributed by atoms with Crippen molar-refractivity contribution >= 4 is 23.5 Å². The van der Waals surface area contributed by atoms with Gasteiger partial charge >= 0.3 is 5.97 Å². The Kier molecular flexibility index (Phi) is 3.50. The van der Waals surface area contributed by atoms with Crippen molar-refractivity contribution in [2.24, 2.45) is 5.10 Å². The monoisotopic (exact) mass is 241 g/mol. The van der Waals surface area contributed by atoms with Crippen LogP contribution in [0.4, 0.5) is 0 Å². The second kappa shape index (κ2) is 4.52. The van der Waals surface area contributed by atoms with Gasteiger partial charge in [-0.1, -0.05) is 0 Å². The topological polar surface area (TPSA) is 99.1 Å². The molecule has 0 unspecified atom stereocenters. The van der Waals surface area contributed by atoms with Crippen molar-refractivity contribution in [1.29, 1.82) is 0 Å². The predicted molar refractivity (Wildman–Crippen MR) is 59.3 cm³/mol. The number of nitrogens with zero attached hydrogens (tertiary/aromatic N) is 2. The number of carboxylic acids is 1. The minimum atomic E-state index is -1.32. The fourth-order valence-electron chi connectivity index (χ4n) is 1.22. The van der Waals surface area contributed by atoms with Crippen LogP contribution in [0.2, 0.25) is 0 Å². The number of hydrogen-bond donors (Lipinski definition) is 2. The van der Waals surface area contributed by atoms with Crippen molar-refractivity contribution in [3.63, 3.8) is 0 Å². The maximum Gasteiger partial charge on any atom is 0.329 e. The quantitative estimate of drug-likeness (QED) is 0.700. The summed E-state index contributed by atoms with van der Waals surface area (Å²) in [7, 11) is 1.40. The summed E-state index contributed by atoms with van der Waals surface area (Å²) in [5.41, 5.74) is 1.05. The summed E-state index contributed by atoms with van der Waals surface area (Å²) in [5, 5.41) is 12.6. The first-order chi connectivity index (χ1) is 7.76. The Balaban J connectivity index is 2.84. The lowest BCUT2D eigenvalue weighted by Gasteiger charge is -2.32. The maximum atomic E-state index is 11.9. The number of hydrazone groups is 1. The normalized spacial score (nSPS) is 15.9. The van der Waals surface area contributed by atoms with E-state index >= 15 is 0 Å². The Labute approximate surface area is 98.5 Å². The first-order valence-corrected chi connectivity index (χ1v) is 5.13. The molecule has 0 atom stereocenters. The summed E-state index contributed by atoms with van der Waals surface area (Å²) < 4.78 is 0. The van der Waals surface area contributed by atoms with Gasteiger partial charge in [0.15, 0.2) is 0 Å². The molecule has 0 bridgehead atoms. The van der Waals surface area contributed by atoms with E-state index in [2.05, 4.69) is 10.5 Å². The fraction of sp³-hybridized carbons (Fsp3) is 0.600. The fourth-order valence-corrected chi connectivity index (χ4v) is 1.22. The molecule has 2 amide bonds. The van der Waals surface area contributed by atoms with Crippen LogP contribution in [0.1, 0.15) is 26.7 Å². The molecule has 7 nitrogen and oxygen atoms in total. The zero-order valence-electron chi connectivity index (χ0n) is 9.98. The number of nitrogens with one attached hydrogen (secondary N) is 1. The van der Waals surface area contributed by atoms with Crippen molar-refractivity contribution < 1.29 is 19.5 Å². The molecule has 1 aliphatic rings. The molecule has 0 aromatic carbocycles. The molecule has 0 radical (unpaired) electrons. The molecule has 0 saturated heterocycles. The molecule has 0 spiro atoms. The van der Waals surface area contributed by atoms with Gasteiger partial charge in [0.1, 0.15) is 11.3 Å². The molecule has 17 heavy (non-hydrogen) atoms. The van der Waals surface area contributed by atoms with Crippen LogP contribution < -0.4 is 5.43 Å². The van der Waals surface area contributed by atoms with Gasteiger partial charge in [-0.15, -0.1) is 0 Å². The molecule has 0 aromatic rings. The Hall–Kier alpha value is -1.92. The van der Waals surface area contributed by atoms with E-state index in [1.165, 1.54) is 20.9 Å². The number of likely N-dealkylation sites (N-methyl/N-ethyl adjacent to an activating group) is 1. The summed E-state index contributed by atoms with van der Waals surface area (Å²) in [6, 6.07) is 0. The molecule has 94 valence electrons. The standard InChI is InChI=1S/C10H15N3O4/c1-10(2,9(16)17)13(3)8(15)6-4-5-7(14)12-11-6/h4-5H2,1-3H3,(H,12,14)(H,16,17). The molecule has 2 N–H and O–H groups in total. The number of carbonyl (C=O) groups excluding carboxylic acids is 2. The highest BCUT2D eigenvalue weighted by Crippen LogP contribution is 2.14. The van der Waals surface area contributed by atoms with E-state index in [9.17, 15) is 14.4 Å². The number of carbonyl (C=O) groups is 3. The first-order valence-electron chi connectivity index (χ1n) is 5.13. The van der Waals surface area contributed by atoms with Crippen molar-refractivity contribution in [2.75, 3.05) is 7.05 Å². The van der Waals surface area contributed by atoms with Crippen LogP contribution in [0.25, 0.3) is 0 Å². The van der Waals surface area contributed by atoms with E-state index in [0.717, 1.165) is 4.90 Å². The molecular weight excluding hydrogens is 226 g/mol. The number of aliphatic carboxylic acids is 1. The largest absolute Gasteiger partial charge is 0.480 e. The van der Waals surface area contributed by atoms with E-state index in [1.807, 2.05) is 0 Å². The molecule has 1 aliphatic heterocycles. The van der Waals surface area contributed by atoms with Gasteiger partial charge in [0.25, 0.3) is 5.91 Å². The maximum absolute atomic E-state index is 11.9. The van der Waals surface area contributed by atoms with Crippen LogP contribution in [-0.2, 0) is 14.4 Å². The van der Waals surface area contributed by atoms with Crippen LogP contribution in [0, 0.1) is 0 Å². The van der Waals surface area contributed by atoms with Gasteiger partial charge in [0.2, 0.25) is 5.91 Å². The Morgan fingerprint density at radius 3 is 2.41 bits per heavy atom. The van der Waals surface area contributed by atoms with Crippen molar-refractivity contribution in [1.82, 2.24) is 10.3 Å². The van der Waals surface area contributed by atoms with Crippen LogP contribution in [0.3, 0.4) is 0 Å². The highest BCUT2D eigenvalue weighted by Gasteiger charge is 2.37. The van der Waals surface area contributed by atoms with Crippen molar-refractivity contribution in [3.8, 4) is 0 Å². The van der Waals surface area contributed by atoms with E-state index < -0.39 is 17.4 Å². The Morgan fingerprint density at radius 1 is 1.41 bits per heavy atom. The number of carboxylic acid groups (broad SMARTS) is 1. The number of hydrogen-bond acceptors (Lipinski definition) is 4. The second-order valence-corrected chi connectivity index (χ2v) is 4.32. The lowest BCUT2D eigenvalue weighted by molar-refractivity contribution is -0.153. The Morgan fingerprint density at radius 2 is 2.00 bits per heavy atom. The summed E-state index contributed by atoms with van der Waals surface area (Å²) in [6.07, 6.45) is 0.413. The zero-order chi connectivity index (χ0) is 13.2. The van der Waals surface area contributed by atoms with Gasteiger partial charge in [-0.25, -0.2) is 10.2 Å². The molecule has 0 fully saturated rings. The minimum Gasteiger partial charge on any atom is -0.480 e. The minimum absolute atomic E-state index is 0.168. The molecule has 1 rings (SSSR count). The van der Waals surface area contributed by atoms with Gasteiger partial charge in [-0.2, -0.15) is 5.10 Å². The van der Waals surface area contributed by atoms with Crippen molar-refractivity contribution in [2.45, 2.75) is 32.2 Å². The SMILES string of the molecule is CN(C(=O)C1=NNC(=O)CC1)C(C)(C)C(=O)O. The van der Waals surface area contributed by atoms with Gasteiger partial charge < -0.3 is 10.0 Å². The highest BCUT2D eigenvalue weighted by molar-refractivity contribution is 6.39. The average Bonchev–Trinajstić information content (AvgIpc) is 2.27. The third kappa shape index (κ3) is 2.61. The molecule has 7 heteroatoms. The van der Waals surface area contributed by atoms with Gasteiger partial charge in [-0.05, 0) is 13.8 Å². The van der Waals surface area contributed by atoms with Crippen LogP contribution in [0.15, 0.2) is 5.10 Å². The van der Waals surface area contributed by atoms with Gasteiger partial charge in [-0.3, -0.25) is 9.59 Å². The smallest absolute Gasteiger partial charge is 0.329 e. The lowest BCUT2D eigenvalue weighted by Crippen LogP contribution is -2.53. The molecule has 0 aromatic heterocycles. The summed E-state index contributed by atoms with van der Waals surface area (Å²) >= 11 is 0. The van der Waals surface area contributed by atoms with Gasteiger partial charge in [0.05, 0.1) is 0 Å². The third-order valence-corrected chi connectivity index (χ3v) is 2.82. The second-order valence-electron chi connectivity index (χ2n) is 4.32. The molecule has 0 aliphatic carbocycles. The van der Waals surface area contributed by atoms with Crippen LogP contribution >= 0.6 is 0 Å². The zero-order valence-corrected chi connectivity index (χ0v) is 9.98. The third-order valence-electron chi connectivity index (χ3n) is 2.82. The first kappa shape index (κ1) is 13.1. The molecule has 0 saturated carbocycles. The molecule has 1 heterocycles. The summed E-state index contributed by atoms with van der Waals surface area (Å²) in [6.45, 7) is 2.85. The highest BCUT2D eigenvalue weighted by atomic mass is 16.4. The van der Waals surface area contributed by atoms with Crippen LogP contribution in [-0.4, -0.2) is 46.1 Å². The van der Waals surface area contributed by atoms with Crippen LogP contribution in [0.5, 0.6) is 0 Å². The van der Waals surface area contributed by atoms with Crippen molar-refractivity contribution in [3.05, 3.63) is 0 Å². The van der Waals surface area contributed by atoms with E-state index in [1.54, 1.807) is 0 Å². The number of amides is 2. The lowest BCUT2D eigenvalue weighted by atomic mass is 10.0. The Bertz CT molecular complexity index is 400. The van der Waals surface area contributed by atoms with E-state index in [4.69, 9.17) is 5.11 Å². The van der Waals surface area contributed by atoms with E-state index in [-0.39, 0.29) is 24.5 Å². The molecular formula is C10H15N3O4. The number of rotatable bonds is 3. The summed E-state index contributed by atoms with van der Waals surface area (Å²) in [4.78, 5) is 34.9. The average molecular weight is 241 g/mol. The van der Waals surface area contributed by atoms with Gasteiger partial charge in [0, 0.05) is 19.9 Å². The summed E-state index contributed by atoms with van der Waals surface area (Å²) in [5.74, 6) is -1.84. The van der Waals surface area contributed by atoms with E-state index in [0.29, 0.717) is 0 Å².